The van der Waals surface area contributed by atoms with Gasteiger partial charge in [-0.3, -0.25) is 0 Å². The van der Waals surface area contributed by atoms with E-state index in [0.29, 0.717) is 6.54 Å². The molecular formula is C16H21NO. The zero-order chi connectivity index (χ0) is 13.0. The summed E-state index contributed by atoms with van der Waals surface area (Å²) in [6, 6.07) is 15.1. The molecule has 2 aromatic carbocycles. The summed E-state index contributed by atoms with van der Waals surface area (Å²) in [5, 5.41) is 15.5. The summed E-state index contributed by atoms with van der Waals surface area (Å²) in [4.78, 5) is 0. The van der Waals surface area contributed by atoms with Crippen LogP contribution in [-0.2, 0) is 0 Å². The van der Waals surface area contributed by atoms with Gasteiger partial charge < -0.3 is 10.4 Å². The molecule has 0 spiro atoms. The lowest BCUT2D eigenvalue weighted by Gasteiger charge is -2.17. The Bertz CT molecular complexity index is 509. The molecular weight excluding hydrogens is 222 g/mol. The fourth-order valence-corrected chi connectivity index (χ4v) is 2.05. The van der Waals surface area contributed by atoms with Gasteiger partial charge in [-0.2, -0.15) is 0 Å². The van der Waals surface area contributed by atoms with Crippen molar-refractivity contribution in [2.45, 2.75) is 32.4 Å². The quantitative estimate of drug-likeness (QED) is 0.844. The summed E-state index contributed by atoms with van der Waals surface area (Å²) in [5.41, 5.74) is 1.26. The fourth-order valence-electron chi connectivity index (χ4n) is 2.05. The zero-order valence-corrected chi connectivity index (χ0v) is 11.1. The van der Waals surface area contributed by atoms with E-state index in [0.717, 1.165) is 6.42 Å². The Labute approximate surface area is 109 Å². The van der Waals surface area contributed by atoms with Crippen LogP contribution in [0.1, 0.15) is 31.9 Å². The van der Waals surface area contributed by atoms with Crippen molar-refractivity contribution in [2.24, 2.45) is 0 Å². The molecule has 0 aromatic heterocycles. The highest BCUT2D eigenvalue weighted by atomic mass is 16.3. The molecule has 0 aliphatic rings. The molecule has 0 saturated heterocycles. The number of benzene rings is 2. The molecule has 2 rings (SSSR count). The van der Waals surface area contributed by atoms with Crippen LogP contribution in [0, 0.1) is 0 Å². The molecule has 0 saturated carbocycles. The van der Waals surface area contributed by atoms with E-state index in [4.69, 9.17) is 0 Å². The van der Waals surface area contributed by atoms with Gasteiger partial charge in [0.05, 0.1) is 6.10 Å². The van der Waals surface area contributed by atoms with Gasteiger partial charge in [-0.05, 0) is 35.7 Å². The first-order chi connectivity index (χ1) is 8.70. The summed E-state index contributed by atoms with van der Waals surface area (Å²) in [6.07, 6.45) is 0.533. The lowest BCUT2D eigenvalue weighted by molar-refractivity contribution is 0.164. The zero-order valence-electron chi connectivity index (χ0n) is 11.1. The monoisotopic (exact) mass is 243 g/mol. The number of aliphatic hydroxyl groups is 1. The third-order valence-corrected chi connectivity index (χ3v) is 3.40. The molecule has 2 atom stereocenters. The number of nitrogens with one attached hydrogen (secondary N) is 1. The molecule has 1 unspecified atom stereocenters. The first kappa shape index (κ1) is 13.1. The van der Waals surface area contributed by atoms with Crippen molar-refractivity contribution in [3.8, 4) is 0 Å². The summed E-state index contributed by atoms with van der Waals surface area (Å²) in [7, 11) is 0. The standard InChI is InChI=1S/C16H21NO/c1-3-16(18)11-17-12(2)14-9-8-13-6-4-5-7-15(13)10-14/h4-10,12,16-18H,3,11H2,1-2H3/t12?,16-/m1/s1. The van der Waals surface area contributed by atoms with Gasteiger partial charge in [-0.25, -0.2) is 0 Å². The Hall–Kier alpha value is -1.38. The molecule has 96 valence electrons. The van der Waals surface area contributed by atoms with Crippen LogP contribution in [0.3, 0.4) is 0 Å². The van der Waals surface area contributed by atoms with Gasteiger partial charge in [0, 0.05) is 12.6 Å². The SMILES string of the molecule is CC[C@@H](O)CNC(C)c1ccc2ccccc2c1. The lowest BCUT2D eigenvalue weighted by Crippen LogP contribution is -2.28. The summed E-state index contributed by atoms with van der Waals surface area (Å²) < 4.78 is 0. The summed E-state index contributed by atoms with van der Waals surface area (Å²) >= 11 is 0. The van der Waals surface area contributed by atoms with Crippen molar-refractivity contribution in [2.75, 3.05) is 6.54 Å². The molecule has 0 heterocycles. The van der Waals surface area contributed by atoms with Crippen LogP contribution >= 0.6 is 0 Å². The normalized spacial score (nSPS) is 14.6. The van der Waals surface area contributed by atoms with Gasteiger partial charge in [-0.15, -0.1) is 0 Å². The van der Waals surface area contributed by atoms with Crippen LogP contribution in [0.4, 0.5) is 0 Å². The average molecular weight is 243 g/mol. The maximum Gasteiger partial charge on any atom is 0.0662 e. The third kappa shape index (κ3) is 3.09. The molecule has 0 radical (unpaired) electrons. The maximum atomic E-state index is 9.56. The predicted octanol–water partition coefficient (Wildman–Crippen LogP) is 3.26. The second kappa shape index (κ2) is 5.98. The van der Waals surface area contributed by atoms with Crippen LogP contribution in [0.25, 0.3) is 10.8 Å². The number of rotatable bonds is 5. The molecule has 0 amide bonds. The smallest absolute Gasteiger partial charge is 0.0662 e. The van der Waals surface area contributed by atoms with Crippen LogP contribution in [0.15, 0.2) is 42.5 Å². The lowest BCUT2D eigenvalue weighted by atomic mass is 10.0. The van der Waals surface area contributed by atoms with Crippen LogP contribution in [-0.4, -0.2) is 17.8 Å². The van der Waals surface area contributed by atoms with Gasteiger partial charge in [-0.1, -0.05) is 43.3 Å². The van der Waals surface area contributed by atoms with Gasteiger partial charge in [0.15, 0.2) is 0 Å². The van der Waals surface area contributed by atoms with E-state index in [2.05, 4.69) is 54.7 Å². The number of aliphatic hydroxyl groups excluding tert-OH is 1. The van der Waals surface area contributed by atoms with Crippen LogP contribution in [0.5, 0.6) is 0 Å². The van der Waals surface area contributed by atoms with Crippen molar-refractivity contribution >= 4 is 10.8 Å². The Morgan fingerprint density at radius 1 is 1.11 bits per heavy atom. The highest BCUT2D eigenvalue weighted by Gasteiger charge is 2.07. The van der Waals surface area contributed by atoms with E-state index < -0.39 is 0 Å². The minimum Gasteiger partial charge on any atom is -0.392 e. The number of hydrogen-bond donors (Lipinski definition) is 2. The van der Waals surface area contributed by atoms with E-state index in [-0.39, 0.29) is 12.1 Å². The molecule has 0 bridgehead atoms. The fraction of sp³-hybridized carbons (Fsp3) is 0.375. The van der Waals surface area contributed by atoms with Crippen LogP contribution in [0.2, 0.25) is 0 Å². The van der Waals surface area contributed by atoms with E-state index in [1.165, 1.54) is 16.3 Å². The molecule has 2 aromatic rings. The van der Waals surface area contributed by atoms with Crippen molar-refractivity contribution < 1.29 is 5.11 Å². The van der Waals surface area contributed by atoms with Gasteiger partial charge in [0.1, 0.15) is 0 Å². The van der Waals surface area contributed by atoms with Gasteiger partial charge >= 0.3 is 0 Å². The molecule has 18 heavy (non-hydrogen) atoms. The molecule has 0 aliphatic heterocycles. The average Bonchev–Trinajstić information content (AvgIpc) is 2.43. The molecule has 0 fully saturated rings. The predicted molar refractivity (Wildman–Crippen MR) is 76.7 cm³/mol. The van der Waals surface area contributed by atoms with E-state index in [1.807, 2.05) is 6.92 Å². The second-order valence-corrected chi connectivity index (χ2v) is 4.80. The van der Waals surface area contributed by atoms with Crippen LogP contribution < -0.4 is 5.32 Å². The molecule has 2 N–H and O–H groups in total. The highest BCUT2D eigenvalue weighted by molar-refractivity contribution is 5.83. The van der Waals surface area contributed by atoms with E-state index in [9.17, 15) is 5.11 Å². The molecule has 2 heteroatoms. The summed E-state index contributed by atoms with van der Waals surface area (Å²) in [5.74, 6) is 0. The van der Waals surface area contributed by atoms with Gasteiger partial charge in [0.2, 0.25) is 0 Å². The van der Waals surface area contributed by atoms with Crippen molar-refractivity contribution in [3.63, 3.8) is 0 Å². The minimum absolute atomic E-state index is 0.257. The van der Waals surface area contributed by atoms with Gasteiger partial charge in [0.25, 0.3) is 0 Å². The number of fused-ring (bicyclic) bond motifs is 1. The Balaban J connectivity index is 2.10. The highest BCUT2D eigenvalue weighted by Crippen LogP contribution is 2.20. The Kier molecular flexibility index (Phi) is 4.34. The second-order valence-electron chi connectivity index (χ2n) is 4.80. The molecule has 0 aliphatic carbocycles. The largest absolute Gasteiger partial charge is 0.392 e. The Morgan fingerprint density at radius 3 is 2.56 bits per heavy atom. The topological polar surface area (TPSA) is 32.3 Å². The Morgan fingerprint density at radius 2 is 1.83 bits per heavy atom. The first-order valence-corrected chi connectivity index (χ1v) is 6.61. The molecule has 2 nitrogen and oxygen atoms in total. The third-order valence-electron chi connectivity index (χ3n) is 3.40. The number of hydrogen-bond acceptors (Lipinski definition) is 2. The van der Waals surface area contributed by atoms with Crippen molar-refractivity contribution in [1.29, 1.82) is 0 Å². The van der Waals surface area contributed by atoms with Crippen molar-refractivity contribution in [1.82, 2.24) is 5.32 Å². The van der Waals surface area contributed by atoms with E-state index >= 15 is 0 Å². The van der Waals surface area contributed by atoms with Crippen molar-refractivity contribution in [3.05, 3.63) is 48.0 Å². The van der Waals surface area contributed by atoms with E-state index in [1.54, 1.807) is 0 Å². The minimum atomic E-state index is -0.257. The first-order valence-electron chi connectivity index (χ1n) is 6.61. The summed E-state index contributed by atoms with van der Waals surface area (Å²) in [6.45, 7) is 4.77. The maximum absolute atomic E-state index is 9.56.